The van der Waals surface area contributed by atoms with E-state index in [9.17, 15) is 4.79 Å². The number of hydrogen-bond acceptors (Lipinski definition) is 4. The van der Waals surface area contributed by atoms with Crippen molar-refractivity contribution in [3.63, 3.8) is 0 Å². The van der Waals surface area contributed by atoms with E-state index in [-0.39, 0.29) is 11.9 Å². The molecule has 1 atom stereocenters. The molecule has 56 valence electrons. The van der Waals surface area contributed by atoms with Crippen molar-refractivity contribution < 1.29 is 9.63 Å². The average Bonchev–Trinajstić information content (AvgIpc) is 2.31. The van der Waals surface area contributed by atoms with Crippen LogP contribution in [0.25, 0.3) is 0 Å². The lowest BCUT2D eigenvalue weighted by atomic mass is 10.1. The molecule has 0 saturated heterocycles. The van der Waals surface area contributed by atoms with E-state index in [1.807, 2.05) is 0 Å². The molecule has 4 heteroatoms. The topological polar surface area (TPSA) is 64.7 Å². The molecular formula is C6H10N2O2. The van der Waals surface area contributed by atoms with Crippen LogP contribution in [0.5, 0.6) is 0 Å². The summed E-state index contributed by atoms with van der Waals surface area (Å²) in [5.74, 6) is -0.406. The average molecular weight is 142 g/mol. The van der Waals surface area contributed by atoms with Crippen molar-refractivity contribution in [1.82, 2.24) is 0 Å². The van der Waals surface area contributed by atoms with E-state index in [1.54, 1.807) is 0 Å². The molecule has 0 aromatic carbocycles. The van der Waals surface area contributed by atoms with Crippen molar-refractivity contribution >= 4 is 12.2 Å². The van der Waals surface area contributed by atoms with Crippen LogP contribution >= 0.6 is 0 Å². The van der Waals surface area contributed by atoms with Crippen LogP contribution in [0.4, 0.5) is 0 Å². The normalized spacial score (nSPS) is 23.3. The van der Waals surface area contributed by atoms with Crippen molar-refractivity contribution in [3.8, 4) is 0 Å². The lowest BCUT2D eigenvalue weighted by molar-refractivity contribution is -0.143. The summed E-state index contributed by atoms with van der Waals surface area (Å²) in [5, 5.41) is 3.38. The van der Waals surface area contributed by atoms with Gasteiger partial charge in [0, 0.05) is 0 Å². The summed E-state index contributed by atoms with van der Waals surface area (Å²) >= 11 is 0. The van der Waals surface area contributed by atoms with Gasteiger partial charge >= 0.3 is 5.97 Å². The monoisotopic (exact) mass is 142 g/mol. The Kier molecular flexibility index (Phi) is 2.39. The summed E-state index contributed by atoms with van der Waals surface area (Å²) in [7, 11) is 0. The number of nitrogens with two attached hydrogens (primary N) is 1. The predicted octanol–water partition coefficient (Wildman–Crippen LogP) is -0.116. The molecule has 0 bridgehead atoms. The van der Waals surface area contributed by atoms with E-state index in [4.69, 9.17) is 5.73 Å². The SMILES string of the molecule is NCCCC1C=NOC1=O. The highest BCUT2D eigenvalue weighted by Gasteiger charge is 2.22. The van der Waals surface area contributed by atoms with Gasteiger partial charge in [-0.1, -0.05) is 5.16 Å². The van der Waals surface area contributed by atoms with Crippen molar-refractivity contribution in [3.05, 3.63) is 0 Å². The second-order valence-electron chi connectivity index (χ2n) is 2.20. The quantitative estimate of drug-likeness (QED) is 0.559. The Labute approximate surface area is 59.0 Å². The molecule has 10 heavy (non-hydrogen) atoms. The molecule has 1 heterocycles. The minimum absolute atomic E-state index is 0.149. The second kappa shape index (κ2) is 3.31. The molecule has 1 unspecified atom stereocenters. The number of rotatable bonds is 3. The third-order valence-corrected chi connectivity index (χ3v) is 1.41. The number of hydrogen-bond donors (Lipinski definition) is 1. The molecule has 4 nitrogen and oxygen atoms in total. The Bertz CT molecular complexity index is 156. The molecule has 0 fully saturated rings. The van der Waals surface area contributed by atoms with Gasteiger partial charge in [0.05, 0.1) is 12.1 Å². The van der Waals surface area contributed by atoms with Gasteiger partial charge in [0.15, 0.2) is 0 Å². The van der Waals surface area contributed by atoms with Crippen molar-refractivity contribution in [2.75, 3.05) is 6.54 Å². The maximum absolute atomic E-state index is 10.7. The minimum Gasteiger partial charge on any atom is -0.330 e. The zero-order chi connectivity index (χ0) is 7.40. The Morgan fingerprint density at radius 3 is 3.10 bits per heavy atom. The fraction of sp³-hybridized carbons (Fsp3) is 0.667. The largest absolute Gasteiger partial charge is 0.343 e. The highest BCUT2D eigenvalue weighted by Crippen LogP contribution is 2.10. The van der Waals surface area contributed by atoms with Crippen LogP contribution in [-0.2, 0) is 9.63 Å². The number of carbonyl (C=O) groups is 1. The van der Waals surface area contributed by atoms with E-state index < -0.39 is 0 Å². The van der Waals surface area contributed by atoms with Crippen molar-refractivity contribution in [2.45, 2.75) is 12.8 Å². The lowest BCUT2D eigenvalue weighted by Crippen LogP contribution is -2.12. The first-order valence-electron chi connectivity index (χ1n) is 3.29. The Morgan fingerprint density at radius 1 is 1.80 bits per heavy atom. The smallest absolute Gasteiger partial charge is 0.330 e. The van der Waals surface area contributed by atoms with E-state index in [0.29, 0.717) is 6.54 Å². The Hall–Kier alpha value is -0.900. The number of nitrogens with zero attached hydrogens (tertiary/aromatic N) is 1. The van der Waals surface area contributed by atoms with Gasteiger partial charge in [-0.15, -0.1) is 0 Å². The molecule has 0 aromatic rings. The Morgan fingerprint density at radius 2 is 2.60 bits per heavy atom. The standard InChI is InChI=1S/C6H10N2O2/c7-3-1-2-5-4-8-10-6(5)9/h4-5H,1-3,7H2. The maximum atomic E-state index is 10.7. The fourth-order valence-corrected chi connectivity index (χ4v) is 0.815. The molecule has 0 aromatic heterocycles. The molecule has 0 aliphatic carbocycles. The number of carbonyl (C=O) groups excluding carboxylic acids is 1. The molecule has 1 aliphatic rings. The van der Waals surface area contributed by atoms with Gasteiger partial charge in [-0.05, 0) is 19.4 Å². The maximum Gasteiger partial charge on any atom is 0.343 e. The minimum atomic E-state index is -0.256. The zero-order valence-electron chi connectivity index (χ0n) is 5.62. The van der Waals surface area contributed by atoms with E-state index in [2.05, 4.69) is 9.99 Å². The lowest BCUT2D eigenvalue weighted by Gasteiger charge is -1.98. The molecule has 0 spiro atoms. The first kappa shape index (κ1) is 7.21. The van der Waals surface area contributed by atoms with Gasteiger partial charge in [-0.2, -0.15) is 0 Å². The summed E-state index contributed by atoms with van der Waals surface area (Å²) in [6.45, 7) is 0.609. The van der Waals surface area contributed by atoms with Gasteiger partial charge in [0.2, 0.25) is 0 Å². The van der Waals surface area contributed by atoms with E-state index >= 15 is 0 Å². The van der Waals surface area contributed by atoms with Crippen LogP contribution in [0.15, 0.2) is 5.16 Å². The van der Waals surface area contributed by atoms with Gasteiger partial charge in [0.25, 0.3) is 0 Å². The van der Waals surface area contributed by atoms with E-state index in [0.717, 1.165) is 12.8 Å². The summed E-state index contributed by atoms with van der Waals surface area (Å²) in [6, 6.07) is 0. The predicted molar refractivity (Wildman–Crippen MR) is 36.4 cm³/mol. The molecule has 0 radical (unpaired) electrons. The molecule has 1 rings (SSSR count). The van der Waals surface area contributed by atoms with Crippen LogP contribution in [0, 0.1) is 5.92 Å². The molecular weight excluding hydrogens is 132 g/mol. The van der Waals surface area contributed by atoms with Crippen LogP contribution in [0.1, 0.15) is 12.8 Å². The third kappa shape index (κ3) is 1.54. The highest BCUT2D eigenvalue weighted by molar-refractivity contribution is 5.92. The number of oxime groups is 1. The summed E-state index contributed by atoms with van der Waals surface area (Å²) in [6.07, 6.45) is 3.11. The van der Waals surface area contributed by atoms with Crippen LogP contribution in [-0.4, -0.2) is 18.7 Å². The van der Waals surface area contributed by atoms with Gasteiger partial charge in [-0.25, -0.2) is 4.79 Å². The van der Waals surface area contributed by atoms with Crippen LogP contribution < -0.4 is 5.73 Å². The van der Waals surface area contributed by atoms with Crippen molar-refractivity contribution in [1.29, 1.82) is 0 Å². The van der Waals surface area contributed by atoms with Gasteiger partial charge < -0.3 is 10.6 Å². The molecule has 0 amide bonds. The van der Waals surface area contributed by atoms with Crippen LogP contribution in [0.3, 0.4) is 0 Å². The van der Waals surface area contributed by atoms with Gasteiger partial charge in [0.1, 0.15) is 0 Å². The molecule has 2 N–H and O–H groups in total. The first-order chi connectivity index (χ1) is 4.84. The highest BCUT2D eigenvalue weighted by atomic mass is 16.7. The van der Waals surface area contributed by atoms with Gasteiger partial charge in [-0.3, -0.25) is 0 Å². The van der Waals surface area contributed by atoms with E-state index in [1.165, 1.54) is 6.21 Å². The molecule has 1 aliphatic heterocycles. The summed E-state index contributed by atoms with van der Waals surface area (Å²) in [4.78, 5) is 15.0. The summed E-state index contributed by atoms with van der Waals surface area (Å²) in [5.41, 5.74) is 5.26. The summed E-state index contributed by atoms with van der Waals surface area (Å²) < 4.78 is 0. The van der Waals surface area contributed by atoms with Crippen LogP contribution in [0.2, 0.25) is 0 Å². The third-order valence-electron chi connectivity index (χ3n) is 1.41. The zero-order valence-corrected chi connectivity index (χ0v) is 5.62. The first-order valence-corrected chi connectivity index (χ1v) is 3.29. The van der Waals surface area contributed by atoms with Crippen molar-refractivity contribution in [2.24, 2.45) is 16.8 Å². The fourth-order valence-electron chi connectivity index (χ4n) is 0.815. The molecule has 0 saturated carbocycles. The Balaban J connectivity index is 2.27. The second-order valence-corrected chi connectivity index (χ2v) is 2.20.